The van der Waals surface area contributed by atoms with Gasteiger partial charge in [0.2, 0.25) is 17.7 Å². The van der Waals surface area contributed by atoms with Crippen LogP contribution in [0.2, 0.25) is 0 Å². The molecule has 1 aromatic heterocycles. The Morgan fingerprint density at radius 2 is 1.89 bits per heavy atom. The van der Waals surface area contributed by atoms with E-state index in [0.717, 1.165) is 12.0 Å². The maximum Gasteiger partial charge on any atom is 0.233 e. The van der Waals surface area contributed by atoms with Crippen molar-refractivity contribution >= 4 is 17.7 Å². The molecular weight excluding hydrogens is 362 g/mol. The molecule has 0 saturated carbocycles. The highest BCUT2D eigenvalue weighted by atomic mass is 32.2. The van der Waals surface area contributed by atoms with Crippen LogP contribution < -0.4 is 9.47 Å². The smallest absolute Gasteiger partial charge is 0.233 e. The quantitative estimate of drug-likeness (QED) is 0.680. The number of carbonyl (C=O) groups is 1. The average Bonchev–Trinajstić information content (AvgIpc) is 3.12. The van der Waals surface area contributed by atoms with Crippen molar-refractivity contribution < 1.29 is 14.3 Å². The maximum atomic E-state index is 12.6. The Morgan fingerprint density at radius 3 is 2.52 bits per heavy atom. The third kappa shape index (κ3) is 5.60. The molecule has 1 aliphatic heterocycles. The van der Waals surface area contributed by atoms with E-state index in [0.29, 0.717) is 36.5 Å². The van der Waals surface area contributed by atoms with Crippen LogP contribution in [0.5, 0.6) is 11.8 Å². The molecule has 1 aliphatic rings. The Hall–Kier alpha value is -2.28. The van der Waals surface area contributed by atoms with Gasteiger partial charge >= 0.3 is 0 Å². The highest BCUT2D eigenvalue weighted by molar-refractivity contribution is 7.99. The van der Waals surface area contributed by atoms with Gasteiger partial charge in [-0.1, -0.05) is 26.0 Å². The number of hydrogen-bond acceptors (Lipinski definition) is 6. The van der Waals surface area contributed by atoms with Crippen molar-refractivity contribution in [2.75, 3.05) is 20.2 Å². The van der Waals surface area contributed by atoms with Gasteiger partial charge < -0.3 is 14.4 Å². The van der Waals surface area contributed by atoms with E-state index in [9.17, 15) is 4.79 Å². The number of rotatable bonds is 7. The molecule has 1 amide bonds. The first-order chi connectivity index (χ1) is 13.0. The van der Waals surface area contributed by atoms with Gasteiger partial charge in [0, 0.05) is 35.2 Å². The average molecular weight is 388 g/mol. The zero-order valence-corrected chi connectivity index (χ0v) is 16.7. The summed E-state index contributed by atoms with van der Waals surface area (Å²) in [6.45, 7) is 5.62. The lowest BCUT2D eigenvalue weighted by Gasteiger charge is -2.17. The van der Waals surface area contributed by atoms with E-state index in [1.807, 2.05) is 28.8 Å². The number of methoxy groups -OCH3 is 1. The topological polar surface area (TPSA) is 64.6 Å². The van der Waals surface area contributed by atoms with Crippen molar-refractivity contribution in [3.05, 3.63) is 42.0 Å². The van der Waals surface area contributed by atoms with Crippen LogP contribution in [0, 0.1) is 0 Å². The van der Waals surface area contributed by atoms with E-state index >= 15 is 0 Å². The van der Waals surface area contributed by atoms with Crippen LogP contribution in [0.15, 0.2) is 41.3 Å². The predicted octanol–water partition coefficient (Wildman–Crippen LogP) is 3.21. The van der Waals surface area contributed by atoms with Crippen LogP contribution in [0.25, 0.3) is 0 Å². The summed E-state index contributed by atoms with van der Waals surface area (Å²) >= 11 is 1.82. The van der Waals surface area contributed by atoms with Crippen LogP contribution in [0.1, 0.15) is 25.8 Å². The number of likely N-dealkylation sites (tertiary alicyclic amines) is 1. The monoisotopic (exact) mass is 387 g/mol. The highest BCUT2D eigenvalue weighted by Crippen LogP contribution is 2.23. The fourth-order valence-corrected chi connectivity index (χ4v) is 3.78. The number of benzene rings is 1. The molecule has 2 heterocycles. The molecule has 2 aromatic rings. The minimum Gasteiger partial charge on any atom is -0.480 e. The number of amides is 1. The normalized spacial score (nSPS) is 16.6. The van der Waals surface area contributed by atoms with Gasteiger partial charge in [0.1, 0.15) is 6.10 Å². The Bertz CT molecular complexity index is 750. The molecule has 6 nitrogen and oxygen atoms in total. The van der Waals surface area contributed by atoms with Crippen LogP contribution in [0.3, 0.4) is 0 Å². The van der Waals surface area contributed by atoms with Crippen molar-refractivity contribution in [2.45, 2.75) is 42.9 Å². The van der Waals surface area contributed by atoms with E-state index in [-0.39, 0.29) is 12.0 Å². The maximum absolute atomic E-state index is 12.6. The predicted molar refractivity (Wildman–Crippen MR) is 105 cm³/mol. The van der Waals surface area contributed by atoms with Crippen LogP contribution in [0.4, 0.5) is 0 Å². The Kier molecular flexibility index (Phi) is 6.55. The molecule has 0 bridgehead atoms. The lowest BCUT2D eigenvalue weighted by atomic mass is 10.1. The fraction of sp³-hybridized carbons (Fsp3) is 0.450. The second-order valence-electron chi connectivity index (χ2n) is 6.77. The lowest BCUT2D eigenvalue weighted by molar-refractivity contribution is -0.129. The zero-order chi connectivity index (χ0) is 19.2. The molecule has 1 atom stereocenters. The molecule has 0 N–H and O–H groups in total. The lowest BCUT2D eigenvalue weighted by Crippen LogP contribution is -2.32. The van der Waals surface area contributed by atoms with E-state index in [2.05, 4.69) is 36.2 Å². The summed E-state index contributed by atoms with van der Waals surface area (Å²) in [6, 6.07) is 11.7. The Morgan fingerprint density at radius 1 is 1.19 bits per heavy atom. The van der Waals surface area contributed by atoms with Crippen molar-refractivity contribution in [2.24, 2.45) is 0 Å². The molecule has 27 heavy (non-hydrogen) atoms. The van der Waals surface area contributed by atoms with Gasteiger partial charge in [0.05, 0.1) is 20.1 Å². The molecule has 7 heteroatoms. The van der Waals surface area contributed by atoms with Gasteiger partial charge in [-0.25, -0.2) is 0 Å². The molecule has 0 spiro atoms. The molecule has 144 valence electrons. The van der Waals surface area contributed by atoms with Crippen molar-refractivity contribution in [3.8, 4) is 11.8 Å². The molecular formula is C20H25N3O3S. The Labute approximate surface area is 164 Å². The first kappa shape index (κ1) is 19.5. The summed E-state index contributed by atoms with van der Waals surface area (Å²) in [5.41, 5.74) is 1.04. The molecule has 3 rings (SSSR count). The number of thioether (sulfide) groups is 1. The van der Waals surface area contributed by atoms with Gasteiger partial charge in [-0.15, -0.1) is 22.0 Å². The molecule has 0 radical (unpaired) electrons. The molecule has 1 fully saturated rings. The number of ether oxygens (including phenoxy) is 2. The van der Waals surface area contributed by atoms with Crippen molar-refractivity contribution in [1.82, 2.24) is 15.1 Å². The summed E-state index contributed by atoms with van der Waals surface area (Å²) in [5, 5.41) is 8.42. The van der Waals surface area contributed by atoms with Gasteiger partial charge in [0.15, 0.2) is 0 Å². The van der Waals surface area contributed by atoms with Gasteiger partial charge in [-0.3, -0.25) is 4.79 Å². The second-order valence-corrected chi connectivity index (χ2v) is 8.42. The minimum absolute atomic E-state index is 0.0542. The molecule has 1 unspecified atom stereocenters. The zero-order valence-electron chi connectivity index (χ0n) is 15.9. The van der Waals surface area contributed by atoms with E-state index < -0.39 is 0 Å². The van der Waals surface area contributed by atoms with E-state index in [1.54, 1.807) is 19.2 Å². The highest BCUT2D eigenvalue weighted by Gasteiger charge is 2.27. The third-order valence-corrected chi connectivity index (χ3v) is 5.28. The van der Waals surface area contributed by atoms with E-state index in [4.69, 9.17) is 9.47 Å². The van der Waals surface area contributed by atoms with Crippen LogP contribution in [-0.2, 0) is 11.2 Å². The summed E-state index contributed by atoms with van der Waals surface area (Å²) in [6.07, 6.45) is 1.16. The number of hydrogen-bond donors (Lipinski definition) is 0. The van der Waals surface area contributed by atoms with Crippen molar-refractivity contribution in [1.29, 1.82) is 0 Å². The van der Waals surface area contributed by atoms with Gasteiger partial charge in [0.25, 0.3) is 0 Å². The fourth-order valence-electron chi connectivity index (χ4n) is 2.95. The summed E-state index contributed by atoms with van der Waals surface area (Å²) < 4.78 is 10.8. The molecule has 0 aliphatic carbocycles. The molecule has 1 saturated heterocycles. The van der Waals surface area contributed by atoms with Gasteiger partial charge in [-0.2, -0.15) is 0 Å². The molecule has 1 aromatic carbocycles. The number of aromatic nitrogens is 2. The Balaban J connectivity index is 1.49. The minimum atomic E-state index is -0.0542. The van der Waals surface area contributed by atoms with E-state index in [1.165, 1.54) is 4.90 Å². The van der Waals surface area contributed by atoms with Crippen molar-refractivity contribution in [3.63, 3.8) is 0 Å². The first-order valence-electron chi connectivity index (χ1n) is 9.11. The third-order valence-electron chi connectivity index (χ3n) is 4.26. The van der Waals surface area contributed by atoms with Crippen LogP contribution in [-0.4, -0.2) is 52.6 Å². The number of carbonyl (C=O) groups excluding carboxylic acids is 1. The van der Waals surface area contributed by atoms with Gasteiger partial charge in [-0.05, 0) is 17.7 Å². The summed E-state index contributed by atoms with van der Waals surface area (Å²) in [7, 11) is 1.54. The first-order valence-corrected chi connectivity index (χ1v) is 9.99. The number of nitrogens with zero attached hydrogens (tertiary/aromatic N) is 3. The SMILES string of the molecule is COc1ccc(OC2CCN(C(=O)Cc3ccc(SC(C)C)cc3)C2)nn1. The largest absolute Gasteiger partial charge is 0.480 e. The second kappa shape index (κ2) is 9.08. The van der Waals surface area contributed by atoms with Crippen LogP contribution >= 0.6 is 11.8 Å². The summed E-state index contributed by atoms with van der Waals surface area (Å²) in [5.74, 6) is 1.03. The summed E-state index contributed by atoms with van der Waals surface area (Å²) in [4.78, 5) is 15.7. The standard InChI is InChI=1S/C20H25N3O3S/c1-14(2)27-17-6-4-15(5-7-17)12-20(24)23-11-10-16(13-23)26-19-9-8-18(25-3)21-22-19/h4-9,14,16H,10-13H2,1-3H3.